The molecule has 0 heterocycles. The summed E-state index contributed by atoms with van der Waals surface area (Å²) < 4.78 is 4.43. The van der Waals surface area contributed by atoms with Crippen molar-refractivity contribution in [2.45, 2.75) is 6.92 Å². The molecule has 4 heteroatoms. The van der Waals surface area contributed by atoms with Crippen molar-refractivity contribution in [2.75, 3.05) is 13.2 Å². The third-order valence-corrected chi connectivity index (χ3v) is 0.822. The summed E-state index contributed by atoms with van der Waals surface area (Å²) in [6.07, 6.45) is 0. The standard InChI is InChI=1S/C6H8NO3/c1-2-10-6(9)5(3-7)4-8/h7H,2-3H2,1H3. The molecule has 0 rings (SSSR count). The average molecular weight is 142 g/mol. The normalized spacial score (nSPS) is 8.20. The number of nitrogens with one attached hydrogen (secondary N) is 1. The number of hydrogen-bond acceptors (Lipinski definition) is 3. The first-order valence-electron chi connectivity index (χ1n) is 2.82. The molecule has 0 aromatic heterocycles. The molecule has 10 heavy (non-hydrogen) atoms. The highest BCUT2D eigenvalue weighted by Crippen LogP contribution is 1.89. The Morgan fingerprint density at radius 1 is 1.70 bits per heavy atom. The zero-order chi connectivity index (χ0) is 7.98. The molecule has 0 aromatic carbocycles. The molecular formula is C6H8NO3. The van der Waals surface area contributed by atoms with Crippen LogP contribution in [0.25, 0.3) is 0 Å². The fourth-order valence-corrected chi connectivity index (χ4v) is 0.368. The number of rotatable bonds is 3. The van der Waals surface area contributed by atoms with E-state index < -0.39 is 5.97 Å². The molecule has 1 N–H and O–H groups in total. The largest absolute Gasteiger partial charge is 0.462 e. The van der Waals surface area contributed by atoms with Gasteiger partial charge in [-0.25, -0.2) is 9.59 Å². The molecule has 4 nitrogen and oxygen atoms in total. The van der Waals surface area contributed by atoms with Crippen molar-refractivity contribution in [1.29, 1.82) is 0 Å². The maximum Gasteiger partial charge on any atom is 0.346 e. The maximum atomic E-state index is 10.6. The first kappa shape index (κ1) is 8.88. The van der Waals surface area contributed by atoms with E-state index in [4.69, 9.17) is 5.73 Å². The second-order valence-corrected chi connectivity index (χ2v) is 1.48. The Kier molecular flexibility index (Phi) is 4.20. The lowest BCUT2D eigenvalue weighted by atomic mass is 10.3. The van der Waals surface area contributed by atoms with E-state index in [1.807, 2.05) is 0 Å². The zero-order valence-corrected chi connectivity index (χ0v) is 5.64. The highest BCUT2D eigenvalue weighted by molar-refractivity contribution is 5.97. The van der Waals surface area contributed by atoms with Gasteiger partial charge < -0.3 is 4.74 Å². The molecule has 0 atom stereocenters. The van der Waals surface area contributed by atoms with Crippen LogP contribution >= 0.6 is 0 Å². The van der Waals surface area contributed by atoms with E-state index in [0.717, 1.165) is 0 Å². The Hall–Kier alpha value is -1.12. The van der Waals surface area contributed by atoms with Gasteiger partial charge in [-0.3, -0.25) is 5.73 Å². The molecule has 0 unspecified atom stereocenters. The lowest BCUT2D eigenvalue weighted by Crippen LogP contribution is -2.11. The van der Waals surface area contributed by atoms with E-state index >= 15 is 0 Å². The molecule has 0 aliphatic rings. The third kappa shape index (κ3) is 2.44. The molecular weight excluding hydrogens is 134 g/mol. The fraction of sp³-hybridized carbons (Fsp3) is 0.500. The quantitative estimate of drug-likeness (QED) is 0.305. The summed E-state index contributed by atoms with van der Waals surface area (Å²) in [5.41, 5.74) is 6.41. The molecule has 0 aliphatic heterocycles. The summed E-state index contributed by atoms with van der Waals surface area (Å²) >= 11 is 0. The molecule has 0 aromatic rings. The Labute approximate surface area is 58.7 Å². The summed E-state index contributed by atoms with van der Waals surface area (Å²) in [6.45, 7) is 1.47. The molecule has 0 spiro atoms. The first-order valence-corrected chi connectivity index (χ1v) is 2.82. The van der Waals surface area contributed by atoms with E-state index in [1.54, 1.807) is 6.92 Å². The van der Waals surface area contributed by atoms with Crippen LogP contribution < -0.4 is 5.73 Å². The number of ether oxygens (including phenoxy) is 1. The van der Waals surface area contributed by atoms with Crippen molar-refractivity contribution in [3.63, 3.8) is 0 Å². The van der Waals surface area contributed by atoms with Crippen LogP contribution in [0.15, 0.2) is 5.57 Å². The molecule has 1 radical (unpaired) electrons. The van der Waals surface area contributed by atoms with Crippen molar-refractivity contribution < 1.29 is 14.3 Å². The van der Waals surface area contributed by atoms with Crippen LogP contribution in [0.2, 0.25) is 0 Å². The van der Waals surface area contributed by atoms with Crippen molar-refractivity contribution in [3.05, 3.63) is 5.57 Å². The van der Waals surface area contributed by atoms with Gasteiger partial charge in [0, 0.05) is 0 Å². The molecule has 55 valence electrons. The van der Waals surface area contributed by atoms with Crippen molar-refractivity contribution in [3.8, 4) is 0 Å². The second kappa shape index (κ2) is 4.73. The summed E-state index contributed by atoms with van der Waals surface area (Å²) in [4.78, 5) is 20.4. The van der Waals surface area contributed by atoms with Crippen molar-refractivity contribution in [1.82, 2.24) is 5.73 Å². The van der Waals surface area contributed by atoms with Gasteiger partial charge in [-0.1, -0.05) is 0 Å². The summed E-state index contributed by atoms with van der Waals surface area (Å²) in [7, 11) is 0. The van der Waals surface area contributed by atoms with Crippen molar-refractivity contribution in [2.24, 2.45) is 0 Å². The Morgan fingerprint density at radius 2 is 2.30 bits per heavy atom. The van der Waals surface area contributed by atoms with Gasteiger partial charge in [0.1, 0.15) is 11.5 Å². The summed E-state index contributed by atoms with van der Waals surface area (Å²) in [5, 5.41) is 0. The van der Waals surface area contributed by atoms with Crippen LogP contribution in [0.5, 0.6) is 0 Å². The lowest BCUT2D eigenvalue weighted by molar-refractivity contribution is -0.138. The minimum Gasteiger partial charge on any atom is -0.462 e. The monoisotopic (exact) mass is 142 g/mol. The average Bonchev–Trinajstić information content (AvgIpc) is 1.91. The SMILES string of the molecule is CCOC(=O)C(=C=O)C[NH]. The summed E-state index contributed by atoms with van der Waals surface area (Å²) in [5.74, 6) is 0.598. The Balaban J connectivity index is 4.04. The minimum absolute atomic E-state index is 0.212. The number of carbonyl (C=O) groups is 1. The van der Waals surface area contributed by atoms with Crippen LogP contribution in [0, 0.1) is 0 Å². The van der Waals surface area contributed by atoms with E-state index in [9.17, 15) is 9.59 Å². The van der Waals surface area contributed by atoms with E-state index in [2.05, 4.69) is 4.74 Å². The predicted octanol–water partition coefficient (Wildman–Crippen LogP) is -0.410. The number of hydrogen-bond donors (Lipinski definition) is 0. The number of carbonyl (C=O) groups excluding carboxylic acids is 2. The lowest BCUT2D eigenvalue weighted by Gasteiger charge is -1.97. The Bertz CT molecular complexity index is 170. The van der Waals surface area contributed by atoms with Gasteiger partial charge in [0.15, 0.2) is 0 Å². The fourth-order valence-electron chi connectivity index (χ4n) is 0.368. The van der Waals surface area contributed by atoms with Crippen molar-refractivity contribution >= 4 is 11.9 Å². The smallest absolute Gasteiger partial charge is 0.346 e. The highest BCUT2D eigenvalue weighted by atomic mass is 16.5. The summed E-state index contributed by atoms with van der Waals surface area (Å²) in [6, 6.07) is 0. The van der Waals surface area contributed by atoms with Crippen LogP contribution in [-0.2, 0) is 14.3 Å². The van der Waals surface area contributed by atoms with Gasteiger partial charge in [-0.2, -0.15) is 0 Å². The van der Waals surface area contributed by atoms with Crippen LogP contribution in [0.4, 0.5) is 0 Å². The van der Waals surface area contributed by atoms with Crippen LogP contribution in [0.3, 0.4) is 0 Å². The zero-order valence-electron chi connectivity index (χ0n) is 5.64. The van der Waals surface area contributed by atoms with Crippen LogP contribution in [-0.4, -0.2) is 25.1 Å². The van der Waals surface area contributed by atoms with E-state index in [1.165, 1.54) is 5.94 Å². The molecule has 0 saturated heterocycles. The minimum atomic E-state index is -0.743. The maximum absolute atomic E-state index is 10.6. The van der Waals surface area contributed by atoms with E-state index in [0.29, 0.717) is 0 Å². The molecule has 0 saturated carbocycles. The van der Waals surface area contributed by atoms with E-state index in [-0.39, 0.29) is 18.7 Å². The molecule has 0 aliphatic carbocycles. The Morgan fingerprint density at radius 3 is 2.60 bits per heavy atom. The highest BCUT2D eigenvalue weighted by Gasteiger charge is 2.08. The van der Waals surface area contributed by atoms with Gasteiger partial charge in [-0.15, -0.1) is 0 Å². The second-order valence-electron chi connectivity index (χ2n) is 1.48. The number of esters is 1. The topological polar surface area (TPSA) is 67.2 Å². The first-order chi connectivity index (χ1) is 4.76. The molecule has 0 fully saturated rings. The predicted molar refractivity (Wildman–Crippen MR) is 33.8 cm³/mol. The van der Waals surface area contributed by atoms with Gasteiger partial charge in [-0.05, 0) is 6.92 Å². The molecule has 0 bridgehead atoms. The van der Waals surface area contributed by atoms with Gasteiger partial charge in [0.25, 0.3) is 0 Å². The van der Waals surface area contributed by atoms with Crippen LogP contribution in [0.1, 0.15) is 6.92 Å². The molecule has 0 amide bonds. The van der Waals surface area contributed by atoms with Gasteiger partial charge in [0.2, 0.25) is 0 Å². The van der Waals surface area contributed by atoms with Gasteiger partial charge >= 0.3 is 5.97 Å². The van der Waals surface area contributed by atoms with Gasteiger partial charge in [0.05, 0.1) is 13.2 Å². The third-order valence-electron chi connectivity index (χ3n) is 0.822.